The molecule has 1 aromatic carbocycles. The van der Waals surface area contributed by atoms with Crippen molar-refractivity contribution in [3.05, 3.63) is 63.9 Å². The number of fused-ring (bicyclic) bond motifs is 1. The topological polar surface area (TPSA) is 69.9 Å². The summed E-state index contributed by atoms with van der Waals surface area (Å²) in [6.07, 6.45) is 1.83. The molecule has 1 fully saturated rings. The minimum Gasteiger partial charge on any atom is -0.396 e. The first-order chi connectivity index (χ1) is 14.3. The molecule has 0 unspecified atom stereocenters. The van der Waals surface area contributed by atoms with E-state index in [0.29, 0.717) is 25.2 Å². The smallest absolute Gasteiger partial charge is 0.255 e. The predicted octanol–water partition coefficient (Wildman–Crippen LogP) is 3.38. The van der Waals surface area contributed by atoms with Crippen LogP contribution in [0.2, 0.25) is 0 Å². The molecule has 0 saturated carbocycles. The molecule has 2 N–H and O–H groups in total. The number of halogens is 1. The third kappa shape index (κ3) is 3.54. The standard InChI is InChI=1S/C23H27FN4O2/c1-13-5-19(24)6-14(2)20(13)8-25-21-7-18(23(30)27-9-17(10-27)12-29)11-28-16(4)15(3)26-22(21)28/h5-7,11,17,25,29H,8-10,12H2,1-4H3. The van der Waals surface area contributed by atoms with E-state index in [9.17, 15) is 14.3 Å². The van der Waals surface area contributed by atoms with Gasteiger partial charge in [0, 0.05) is 44.0 Å². The molecule has 1 saturated heterocycles. The Morgan fingerprint density at radius 1 is 1.20 bits per heavy atom. The number of amides is 1. The summed E-state index contributed by atoms with van der Waals surface area (Å²) in [7, 11) is 0. The average Bonchev–Trinajstić information content (AvgIpc) is 2.94. The third-order valence-corrected chi connectivity index (χ3v) is 6.06. The maximum absolute atomic E-state index is 13.6. The average molecular weight is 410 g/mol. The Hall–Kier alpha value is -2.93. The van der Waals surface area contributed by atoms with Crippen LogP contribution in [0.4, 0.5) is 10.1 Å². The molecule has 0 aliphatic carbocycles. The van der Waals surface area contributed by atoms with E-state index in [4.69, 9.17) is 0 Å². The molecule has 1 aliphatic rings. The second-order valence-corrected chi connectivity index (χ2v) is 8.25. The summed E-state index contributed by atoms with van der Waals surface area (Å²) in [4.78, 5) is 19.4. The van der Waals surface area contributed by atoms with Crippen LogP contribution in [-0.4, -0.2) is 45.0 Å². The Balaban J connectivity index is 1.68. The number of aliphatic hydroxyl groups is 1. The lowest BCUT2D eigenvalue weighted by Crippen LogP contribution is -2.51. The van der Waals surface area contributed by atoms with E-state index in [2.05, 4.69) is 10.3 Å². The van der Waals surface area contributed by atoms with Crippen molar-refractivity contribution in [2.45, 2.75) is 34.2 Å². The molecule has 3 aromatic rings. The molecule has 0 radical (unpaired) electrons. The minimum absolute atomic E-state index is 0.0513. The fraction of sp³-hybridized carbons (Fsp3) is 0.391. The molecule has 6 nitrogen and oxygen atoms in total. The van der Waals surface area contributed by atoms with Crippen LogP contribution < -0.4 is 5.32 Å². The van der Waals surface area contributed by atoms with Gasteiger partial charge in [-0.2, -0.15) is 0 Å². The first-order valence-corrected chi connectivity index (χ1v) is 10.2. The van der Waals surface area contributed by atoms with Gasteiger partial charge in [-0.05, 0) is 62.6 Å². The lowest BCUT2D eigenvalue weighted by molar-refractivity contribution is 0.0361. The van der Waals surface area contributed by atoms with Crippen LogP contribution in [0.1, 0.15) is 38.4 Å². The molecular weight excluding hydrogens is 383 g/mol. The second kappa shape index (κ2) is 7.72. The largest absolute Gasteiger partial charge is 0.396 e. The van der Waals surface area contributed by atoms with Gasteiger partial charge in [-0.25, -0.2) is 9.37 Å². The monoisotopic (exact) mass is 410 g/mol. The van der Waals surface area contributed by atoms with Gasteiger partial charge in [-0.3, -0.25) is 4.79 Å². The van der Waals surface area contributed by atoms with Gasteiger partial charge in [0.25, 0.3) is 5.91 Å². The van der Waals surface area contributed by atoms with Crippen LogP contribution in [0.3, 0.4) is 0 Å². The van der Waals surface area contributed by atoms with Crippen molar-refractivity contribution in [1.29, 1.82) is 0 Å². The Morgan fingerprint density at radius 2 is 1.87 bits per heavy atom. The van der Waals surface area contributed by atoms with Gasteiger partial charge >= 0.3 is 0 Å². The lowest BCUT2D eigenvalue weighted by atomic mass is 10.00. The number of aromatic nitrogens is 2. The molecule has 2 aromatic heterocycles. The van der Waals surface area contributed by atoms with Gasteiger partial charge < -0.3 is 19.7 Å². The highest BCUT2D eigenvalue weighted by Gasteiger charge is 2.31. The van der Waals surface area contributed by atoms with E-state index >= 15 is 0 Å². The molecule has 3 heterocycles. The van der Waals surface area contributed by atoms with Gasteiger partial charge in [0.2, 0.25) is 0 Å². The van der Waals surface area contributed by atoms with Crippen LogP contribution in [0.5, 0.6) is 0 Å². The number of likely N-dealkylation sites (tertiary alicyclic amines) is 1. The fourth-order valence-corrected chi connectivity index (χ4v) is 4.05. The van der Waals surface area contributed by atoms with Crippen molar-refractivity contribution in [1.82, 2.24) is 14.3 Å². The maximum Gasteiger partial charge on any atom is 0.255 e. The Bertz CT molecular complexity index is 1110. The Labute approximate surface area is 175 Å². The minimum atomic E-state index is -0.237. The van der Waals surface area contributed by atoms with E-state index in [1.165, 1.54) is 12.1 Å². The quantitative estimate of drug-likeness (QED) is 0.677. The summed E-state index contributed by atoms with van der Waals surface area (Å²) in [6, 6.07) is 4.90. The Kier molecular flexibility index (Phi) is 5.24. The zero-order valence-corrected chi connectivity index (χ0v) is 17.8. The number of carbonyl (C=O) groups is 1. The number of nitrogens with zero attached hydrogens (tertiary/aromatic N) is 3. The number of nitrogens with one attached hydrogen (secondary N) is 1. The fourth-order valence-electron chi connectivity index (χ4n) is 4.05. The summed E-state index contributed by atoms with van der Waals surface area (Å²) in [5, 5.41) is 12.7. The molecule has 1 amide bonds. The number of hydrogen-bond donors (Lipinski definition) is 2. The van der Waals surface area contributed by atoms with E-state index in [1.54, 1.807) is 4.90 Å². The van der Waals surface area contributed by atoms with Crippen LogP contribution in [0, 0.1) is 39.4 Å². The number of hydrogen-bond acceptors (Lipinski definition) is 4. The van der Waals surface area contributed by atoms with Crippen LogP contribution in [0.25, 0.3) is 5.65 Å². The number of anilines is 1. The van der Waals surface area contributed by atoms with E-state index in [1.807, 2.05) is 44.4 Å². The first-order valence-electron chi connectivity index (χ1n) is 10.2. The zero-order chi connectivity index (χ0) is 21.6. The van der Waals surface area contributed by atoms with Gasteiger partial charge in [-0.1, -0.05) is 0 Å². The van der Waals surface area contributed by atoms with Crippen LogP contribution in [0.15, 0.2) is 24.4 Å². The lowest BCUT2D eigenvalue weighted by Gasteiger charge is -2.38. The molecular formula is C23H27FN4O2. The number of benzene rings is 1. The van der Waals surface area contributed by atoms with Crippen molar-refractivity contribution in [3.63, 3.8) is 0 Å². The first kappa shape index (κ1) is 20.3. The number of imidazole rings is 1. The normalized spacial score (nSPS) is 14.3. The maximum atomic E-state index is 13.6. The van der Waals surface area contributed by atoms with E-state index in [-0.39, 0.29) is 24.2 Å². The summed E-state index contributed by atoms with van der Waals surface area (Å²) < 4.78 is 15.6. The molecule has 1 aliphatic heterocycles. The van der Waals surface area contributed by atoms with Crippen LogP contribution in [-0.2, 0) is 6.54 Å². The molecule has 4 rings (SSSR count). The van der Waals surface area contributed by atoms with Crippen molar-refractivity contribution < 1.29 is 14.3 Å². The molecule has 7 heteroatoms. The summed E-state index contributed by atoms with van der Waals surface area (Å²) >= 11 is 0. The third-order valence-electron chi connectivity index (χ3n) is 6.06. The van der Waals surface area contributed by atoms with Crippen molar-refractivity contribution >= 4 is 17.2 Å². The van der Waals surface area contributed by atoms with Gasteiger partial charge in [0.15, 0.2) is 5.65 Å². The number of aliphatic hydroxyl groups excluding tert-OH is 1. The van der Waals surface area contributed by atoms with Crippen molar-refractivity contribution in [3.8, 4) is 0 Å². The predicted molar refractivity (Wildman–Crippen MR) is 114 cm³/mol. The SMILES string of the molecule is Cc1cc(F)cc(C)c1CNc1cc(C(=O)N2CC(CO)C2)cn2c(C)c(C)nc12. The molecule has 0 bridgehead atoms. The summed E-state index contributed by atoms with van der Waals surface area (Å²) in [5.41, 5.74) is 6.78. The number of rotatable bonds is 5. The van der Waals surface area contributed by atoms with Crippen molar-refractivity contribution in [2.24, 2.45) is 5.92 Å². The van der Waals surface area contributed by atoms with Gasteiger partial charge in [-0.15, -0.1) is 0 Å². The molecule has 0 atom stereocenters. The molecule has 0 spiro atoms. The number of aryl methyl sites for hydroxylation is 4. The highest BCUT2D eigenvalue weighted by Crippen LogP contribution is 2.26. The van der Waals surface area contributed by atoms with Crippen molar-refractivity contribution in [2.75, 3.05) is 25.0 Å². The van der Waals surface area contributed by atoms with Crippen LogP contribution >= 0.6 is 0 Å². The molecule has 30 heavy (non-hydrogen) atoms. The highest BCUT2D eigenvalue weighted by atomic mass is 19.1. The second-order valence-electron chi connectivity index (χ2n) is 8.25. The van der Waals surface area contributed by atoms with E-state index in [0.717, 1.165) is 39.4 Å². The van der Waals surface area contributed by atoms with Gasteiger partial charge in [0.1, 0.15) is 5.82 Å². The van der Waals surface area contributed by atoms with E-state index < -0.39 is 0 Å². The zero-order valence-electron chi connectivity index (χ0n) is 17.8. The highest BCUT2D eigenvalue weighted by molar-refractivity contribution is 5.96. The molecule has 158 valence electrons. The summed E-state index contributed by atoms with van der Waals surface area (Å²) in [5.74, 6) is -0.125. The number of pyridine rings is 1. The summed E-state index contributed by atoms with van der Waals surface area (Å²) in [6.45, 7) is 9.48. The van der Waals surface area contributed by atoms with Gasteiger partial charge in [0.05, 0.1) is 16.9 Å². The number of carbonyl (C=O) groups excluding carboxylic acids is 1. The Morgan fingerprint density at radius 3 is 2.50 bits per heavy atom.